The standard InChI is InChI=1S/C15H12ClN5O2/c1-23-13-4-3-10(16)7-12(13)14(22)20-11-8-17-15(18-9-11)21-6-2-5-19-21/h2-9H,1H3,(H,20,22). The minimum atomic E-state index is -0.361. The van der Waals surface area contributed by atoms with Crippen LogP contribution in [0, 0.1) is 0 Å². The molecule has 1 amide bonds. The molecule has 0 aliphatic heterocycles. The van der Waals surface area contributed by atoms with Gasteiger partial charge in [0.25, 0.3) is 11.9 Å². The van der Waals surface area contributed by atoms with Crippen LogP contribution in [0.5, 0.6) is 5.75 Å². The van der Waals surface area contributed by atoms with Crippen molar-refractivity contribution >= 4 is 23.2 Å². The second-order valence-corrected chi connectivity index (χ2v) is 4.96. The van der Waals surface area contributed by atoms with Crippen molar-refractivity contribution in [3.8, 4) is 11.7 Å². The van der Waals surface area contributed by atoms with E-state index in [4.69, 9.17) is 16.3 Å². The molecule has 23 heavy (non-hydrogen) atoms. The third-order valence-electron chi connectivity index (χ3n) is 3.01. The summed E-state index contributed by atoms with van der Waals surface area (Å²) in [6.45, 7) is 0. The van der Waals surface area contributed by atoms with E-state index in [9.17, 15) is 4.79 Å². The molecule has 0 aliphatic carbocycles. The summed E-state index contributed by atoms with van der Waals surface area (Å²) in [6.07, 6.45) is 6.35. The maximum atomic E-state index is 12.3. The summed E-state index contributed by atoms with van der Waals surface area (Å²) < 4.78 is 6.68. The van der Waals surface area contributed by atoms with Gasteiger partial charge < -0.3 is 10.1 Å². The lowest BCUT2D eigenvalue weighted by atomic mass is 10.2. The van der Waals surface area contributed by atoms with Crippen LogP contribution in [0.25, 0.3) is 5.95 Å². The Bertz CT molecular complexity index is 818. The fourth-order valence-corrected chi connectivity index (χ4v) is 2.12. The van der Waals surface area contributed by atoms with Gasteiger partial charge in [-0.1, -0.05) is 11.6 Å². The van der Waals surface area contributed by atoms with Crippen LogP contribution in [0.4, 0.5) is 5.69 Å². The molecule has 0 unspecified atom stereocenters. The van der Waals surface area contributed by atoms with Gasteiger partial charge in [-0.3, -0.25) is 4.79 Å². The molecule has 3 rings (SSSR count). The van der Waals surface area contributed by atoms with E-state index in [1.165, 1.54) is 30.3 Å². The van der Waals surface area contributed by atoms with E-state index in [1.807, 2.05) is 0 Å². The molecule has 8 heteroatoms. The highest BCUT2D eigenvalue weighted by atomic mass is 35.5. The van der Waals surface area contributed by atoms with Gasteiger partial charge in [-0.05, 0) is 24.3 Å². The van der Waals surface area contributed by atoms with Gasteiger partial charge in [0.2, 0.25) is 0 Å². The van der Waals surface area contributed by atoms with Crippen molar-refractivity contribution in [1.82, 2.24) is 19.7 Å². The number of methoxy groups -OCH3 is 1. The Hall–Kier alpha value is -2.93. The molecule has 0 fully saturated rings. The number of rotatable bonds is 4. The summed E-state index contributed by atoms with van der Waals surface area (Å²) in [7, 11) is 1.49. The number of amides is 1. The molecule has 7 nitrogen and oxygen atoms in total. The highest BCUT2D eigenvalue weighted by Gasteiger charge is 2.13. The van der Waals surface area contributed by atoms with Crippen LogP contribution in [0.2, 0.25) is 5.02 Å². The van der Waals surface area contributed by atoms with Gasteiger partial charge in [0.05, 0.1) is 30.8 Å². The molecule has 0 saturated carbocycles. The largest absolute Gasteiger partial charge is 0.496 e. The Morgan fingerprint density at radius 3 is 2.74 bits per heavy atom. The highest BCUT2D eigenvalue weighted by molar-refractivity contribution is 6.31. The zero-order valence-corrected chi connectivity index (χ0v) is 12.9. The van der Waals surface area contributed by atoms with Crippen molar-refractivity contribution < 1.29 is 9.53 Å². The first-order valence-corrected chi connectivity index (χ1v) is 7.02. The maximum Gasteiger partial charge on any atom is 0.259 e. The summed E-state index contributed by atoms with van der Waals surface area (Å²) in [5, 5.41) is 7.18. The first-order chi connectivity index (χ1) is 11.2. The van der Waals surface area contributed by atoms with Crippen LogP contribution >= 0.6 is 11.6 Å². The van der Waals surface area contributed by atoms with Crippen LogP contribution in [-0.2, 0) is 0 Å². The number of anilines is 1. The lowest BCUT2D eigenvalue weighted by Crippen LogP contribution is -2.14. The van der Waals surface area contributed by atoms with Gasteiger partial charge in [0.15, 0.2) is 0 Å². The van der Waals surface area contributed by atoms with E-state index in [0.717, 1.165) is 0 Å². The van der Waals surface area contributed by atoms with E-state index in [2.05, 4.69) is 20.4 Å². The van der Waals surface area contributed by atoms with E-state index >= 15 is 0 Å². The molecule has 0 saturated heterocycles. The predicted molar refractivity (Wildman–Crippen MR) is 85.1 cm³/mol. The third-order valence-corrected chi connectivity index (χ3v) is 3.25. The van der Waals surface area contributed by atoms with Gasteiger partial charge in [0, 0.05) is 17.4 Å². The maximum absolute atomic E-state index is 12.3. The van der Waals surface area contributed by atoms with E-state index in [1.54, 1.807) is 30.6 Å². The molecular formula is C15H12ClN5O2. The zero-order valence-electron chi connectivity index (χ0n) is 12.1. The van der Waals surface area contributed by atoms with Gasteiger partial charge in [-0.25, -0.2) is 14.6 Å². The molecule has 116 valence electrons. The summed E-state index contributed by atoms with van der Waals surface area (Å²) in [5.74, 6) is 0.481. The van der Waals surface area contributed by atoms with Crippen molar-refractivity contribution in [2.75, 3.05) is 12.4 Å². The number of ether oxygens (including phenoxy) is 1. The monoisotopic (exact) mass is 329 g/mol. The lowest BCUT2D eigenvalue weighted by molar-refractivity contribution is 0.102. The number of benzene rings is 1. The number of nitrogens with one attached hydrogen (secondary N) is 1. The first-order valence-electron chi connectivity index (χ1n) is 6.64. The van der Waals surface area contributed by atoms with Gasteiger partial charge in [-0.2, -0.15) is 5.10 Å². The Morgan fingerprint density at radius 2 is 2.09 bits per heavy atom. The van der Waals surface area contributed by atoms with Gasteiger partial charge in [0.1, 0.15) is 5.75 Å². The molecule has 1 aromatic carbocycles. The van der Waals surface area contributed by atoms with Gasteiger partial charge >= 0.3 is 0 Å². The number of aromatic nitrogens is 4. The minimum absolute atomic E-state index is 0.330. The number of carbonyl (C=O) groups excluding carboxylic acids is 1. The van der Waals surface area contributed by atoms with Crippen LogP contribution in [0.1, 0.15) is 10.4 Å². The second-order valence-electron chi connectivity index (χ2n) is 4.52. The topological polar surface area (TPSA) is 81.9 Å². The summed E-state index contributed by atoms with van der Waals surface area (Å²) >= 11 is 5.93. The fraction of sp³-hybridized carbons (Fsp3) is 0.0667. The normalized spacial score (nSPS) is 10.3. The molecule has 0 aliphatic rings. The Labute approximate surface area is 136 Å². The summed E-state index contributed by atoms with van der Waals surface area (Å²) in [6, 6.07) is 6.59. The van der Waals surface area contributed by atoms with Crippen molar-refractivity contribution in [2.45, 2.75) is 0 Å². The van der Waals surface area contributed by atoms with Crippen LogP contribution in [-0.4, -0.2) is 32.8 Å². The number of hydrogen-bond donors (Lipinski definition) is 1. The molecule has 3 aromatic rings. The quantitative estimate of drug-likeness (QED) is 0.795. The average molecular weight is 330 g/mol. The van der Waals surface area contributed by atoms with E-state index in [-0.39, 0.29) is 5.91 Å². The minimum Gasteiger partial charge on any atom is -0.496 e. The molecule has 2 heterocycles. The average Bonchev–Trinajstić information content (AvgIpc) is 3.10. The zero-order chi connectivity index (χ0) is 16.2. The lowest BCUT2D eigenvalue weighted by Gasteiger charge is -2.09. The van der Waals surface area contributed by atoms with Crippen LogP contribution in [0.15, 0.2) is 49.1 Å². The van der Waals surface area contributed by atoms with Crippen molar-refractivity contribution in [3.05, 3.63) is 59.6 Å². The first kappa shape index (κ1) is 15.0. The molecule has 0 bridgehead atoms. The molecule has 2 aromatic heterocycles. The number of halogens is 1. The smallest absolute Gasteiger partial charge is 0.259 e. The number of nitrogens with zero attached hydrogens (tertiary/aromatic N) is 4. The highest BCUT2D eigenvalue weighted by Crippen LogP contribution is 2.23. The summed E-state index contributed by atoms with van der Waals surface area (Å²) in [4.78, 5) is 20.6. The molecular weight excluding hydrogens is 318 g/mol. The van der Waals surface area contributed by atoms with Crippen molar-refractivity contribution in [2.24, 2.45) is 0 Å². The second kappa shape index (κ2) is 6.45. The third kappa shape index (κ3) is 3.29. The SMILES string of the molecule is COc1ccc(Cl)cc1C(=O)Nc1cnc(-n2cccn2)nc1. The molecule has 0 radical (unpaired) electrons. The number of carbonyl (C=O) groups is 1. The Balaban J connectivity index is 1.79. The van der Waals surface area contributed by atoms with E-state index in [0.29, 0.717) is 28.0 Å². The van der Waals surface area contributed by atoms with Crippen LogP contribution in [0.3, 0.4) is 0 Å². The number of hydrogen-bond acceptors (Lipinski definition) is 5. The van der Waals surface area contributed by atoms with Crippen LogP contribution < -0.4 is 10.1 Å². The molecule has 1 N–H and O–H groups in total. The van der Waals surface area contributed by atoms with Crippen molar-refractivity contribution in [1.29, 1.82) is 0 Å². The predicted octanol–water partition coefficient (Wildman–Crippen LogP) is 2.58. The van der Waals surface area contributed by atoms with Crippen molar-refractivity contribution in [3.63, 3.8) is 0 Å². The Morgan fingerprint density at radius 1 is 1.30 bits per heavy atom. The van der Waals surface area contributed by atoms with E-state index < -0.39 is 0 Å². The molecule has 0 spiro atoms. The Kier molecular flexibility index (Phi) is 4.20. The molecule has 0 atom stereocenters. The summed E-state index contributed by atoms with van der Waals surface area (Å²) in [5.41, 5.74) is 0.782. The fourth-order valence-electron chi connectivity index (χ4n) is 1.95. The van der Waals surface area contributed by atoms with Gasteiger partial charge in [-0.15, -0.1) is 0 Å².